The average Bonchev–Trinajstić information content (AvgIpc) is 2.39. The lowest BCUT2D eigenvalue weighted by atomic mass is 9.76. The highest BCUT2D eigenvalue weighted by molar-refractivity contribution is 5.84. The number of hydrogen-bond acceptors (Lipinski definition) is 3. The normalized spacial score (nSPS) is 13.8. The third kappa shape index (κ3) is 3.79. The second-order valence-electron chi connectivity index (χ2n) is 5.62. The van der Waals surface area contributed by atoms with Gasteiger partial charge in [0.1, 0.15) is 0 Å². The zero-order valence-electron chi connectivity index (χ0n) is 12.5. The van der Waals surface area contributed by atoms with Crippen LogP contribution in [0.1, 0.15) is 32.9 Å². The molecule has 0 aliphatic heterocycles. The number of aromatic nitrogens is 1. The van der Waals surface area contributed by atoms with Gasteiger partial charge in [0.15, 0.2) is 0 Å². The molecule has 0 spiro atoms. The van der Waals surface area contributed by atoms with Crippen LogP contribution in [0, 0.1) is 11.3 Å². The van der Waals surface area contributed by atoms with E-state index in [-0.39, 0.29) is 18.2 Å². The van der Waals surface area contributed by atoms with Crippen LogP contribution in [0.15, 0.2) is 24.4 Å². The van der Waals surface area contributed by atoms with E-state index in [1.807, 2.05) is 32.0 Å². The van der Waals surface area contributed by atoms with Crippen LogP contribution in [-0.4, -0.2) is 33.9 Å². The van der Waals surface area contributed by atoms with Crippen molar-refractivity contribution < 1.29 is 14.7 Å². The Bertz CT molecular complexity index is 473. The fourth-order valence-electron chi connectivity index (χ4n) is 1.80. The van der Waals surface area contributed by atoms with Gasteiger partial charge in [-0.2, -0.15) is 0 Å². The van der Waals surface area contributed by atoms with Crippen molar-refractivity contribution in [2.75, 3.05) is 7.05 Å². The second-order valence-corrected chi connectivity index (χ2v) is 5.62. The minimum Gasteiger partial charge on any atom is -0.481 e. The van der Waals surface area contributed by atoms with E-state index in [2.05, 4.69) is 4.98 Å². The number of pyridine rings is 1. The Hall–Kier alpha value is -1.91. The number of carboxylic acid groups (broad SMARTS) is 1. The maximum atomic E-state index is 12.2. The lowest BCUT2D eigenvalue weighted by Crippen LogP contribution is -2.39. The summed E-state index contributed by atoms with van der Waals surface area (Å²) in [5.41, 5.74) is -0.264. The summed E-state index contributed by atoms with van der Waals surface area (Å²) in [6.07, 6.45) is 1.66. The molecule has 1 N–H and O–H groups in total. The second kappa shape index (κ2) is 6.50. The maximum absolute atomic E-state index is 12.2. The van der Waals surface area contributed by atoms with Gasteiger partial charge in [-0.3, -0.25) is 14.6 Å². The quantitative estimate of drug-likeness (QED) is 0.865. The molecule has 1 aromatic rings. The summed E-state index contributed by atoms with van der Waals surface area (Å²) in [5, 5.41) is 9.34. The predicted molar refractivity (Wildman–Crippen MR) is 75.9 cm³/mol. The van der Waals surface area contributed by atoms with Crippen molar-refractivity contribution >= 4 is 11.9 Å². The van der Waals surface area contributed by atoms with Crippen molar-refractivity contribution in [2.45, 2.75) is 33.7 Å². The van der Waals surface area contributed by atoms with Gasteiger partial charge < -0.3 is 10.0 Å². The highest BCUT2D eigenvalue weighted by atomic mass is 16.4. The van der Waals surface area contributed by atoms with Gasteiger partial charge in [-0.1, -0.05) is 19.9 Å². The van der Waals surface area contributed by atoms with E-state index in [1.54, 1.807) is 20.2 Å². The third-order valence-electron chi connectivity index (χ3n) is 3.83. The topological polar surface area (TPSA) is 70.5 Å². The molecule has 0 radical (unpaired) electrons. The SMILES string of the molecule is CC(C)C(C)(CC(=O)N(C)Cc1ccccn1)C(=O)O. The molecular formula is C15H22N2O3. The number of amides is 1. The molecule has 1 rings (SSSR count). The first kappa shape index (κ1) is 16.1. The summed E-state index contributed by atoms with van der Waals surface area (Å²) < 4.78 is 0. The molecule has 5 heteroatoms. The van der Waals surface area contributed by atoms with Crippen molar-refractivity contribution in [1.82, 2.24) is 9.88 Å². The number of hydrogen-bond donors (Lipinski definition) is 1. The Balaban J connectivity index is 2.72. The van der Waals surface area contributed by atoms with Gasteiger partial charge in [0.05, 0.1) is 17.7 Å². The van der Waals surface area contributed by atoms with Crippen LogP contribution < -0.4 is 0 Å². The van der Waals surface area contributed by atoms with Gasteiger partial charge in [0, 0.05) is 19.7 Å². The minimum atomic E-state index is -1.05. The van der Waals surface area contributed by atoms with Crippen LogP contribution in [-0.2, 0) is 16.1 Å². The van der Waals surface area contributed by atoms with Crippen LogP contribution >= 0.6 is 0 Å². The number of nitrogens with zero attached hydrogens (tertiary/aromatic N) is 2. The number of carbonyl (C=O) groups is 2. The number of carbonyl (C=O) groups excluding carboxylic acids is 1. The molecule has 0 aliphatic rings. The first-order valence-electron chi connectivity index (χ1n) is 6.64. The van der Waals surface area contributed by atoms with Crippen molar-refractivity contribution in [2.24, 2.45) is 11.3 Å². The molecular weight excluding hydrogens is 256 g/mol. The molecule has 0 saturated carbocycles. The van der Waals surface area contributed by atoms with E-state index in [0.717, 1.165) is 5.69 Å². The van der Waals surface area contributed by atoms with Gasteiger partial charge in [0.25, 0.3) is 0 Å². The lowest BCUT2D eigenvalue weighted by Gasteiger charge is -2.30. The van der Waals surface area contributed by atoms with Crippen molar-refractivity contribution in [1.29, 1.82) is 0 Å². The Labute approximate surface area is 119 Å². The fraction of sp³-hybridized carbons (Fsp3) is 0.533. The maximum Gasteiger partial charge on any atom is 0.310 e. The Kier molecular flexibility index (Phi) is 5.25. The summed E-state index contributed by atoms with van der Waals surface area (Å²) in [6.45, 7) is 5.64. The van der Waals surface area contributed by atoms with Crippen molar-refractivity contribution in [3.63, 3.8) is 0 Å². The van der Waals surface area contributed by atoms with Crippen LogP contribution in [0.2, 0.25) is 0 Å². The number of carboxylic acids is 1. The molecule has 110 valence electrons. The molecule has 1 aromatic heterocycles. The molecule has 0 aromatic carbocycles. The van der Waals surface area contributed by atoms with E-state index >= 15 is 0 Å². The Morgan fingerprint density at radius 3 is 2.50 bits per heavy atom. The third-order valence-corrected chi connectivity index (χ3v) is 3.83. The molecule has 1 atom stereocenters. The van der Waals surface area contributed by atoms with E-state index in [4.69, 9.17) is 0 Å². The largest absolute Gasteiger partial charge is 0.481 e. The van der Waals surface area contributed by atoms with E-state index in [0.29, 0.717) is 6.54 Å². The summed E-state index contributed by atoms with van der Waals surface area (Å²) in [5.74, 6) is -1.24. The highest BCUT2D eigenvalue weighted by Gasteiger charge is 2.39. The van der Waals surface area contributed by atoms with Crippen LogP contribution in [0.25, 0.3) is 0 Å². The number of aliphatic carboxylic acids is 1. The average molecular weight is 278 g/mol. The Morgan fingerprint density at radius 2 is 2.05 bits per heavy atom. The van der Waals surface area contributed by atoms with Crippen molar-refractivity contribution in [3.8, 4) is 0 Å². The summed E-state index contributed by atoms with van der Waals surface area (Å²) >= 11 is 0. The number of rotatable bonds is 6. The summed E-state index contributed by atoms with van der Waals surface area (Å²) in [7, 11) is 1.67. The van der Waals surface area contributed by atoms with Gasteiger partial charge >= 0.3 is 5.97 Å². The highest BCUT2D eigenvalue weighted by Crippen LogP contribution is 2.32. The van der Waals surface area contributed by atoms with Crippen LogP contribution in [0.4, 0.5) is 0 Å². The zero-order chi connectivity index (χ0) is 15.3. The molecule has 20 heavy (non-hydrogen) atoms. The molecule has 1 amide bonds. The van der Waals surface area contributed by atoms with Gasteiger partial charge in [-0.15, -0.1) is 0 Å². The molecule has 0 aliphatic carbocycles. The molecule has 1 heterocycles. The van der Waals surface area contributed by atoms with Crippen LogP contribution in [0.5, 0.6) is 0 Å². The Morgan fingerprint density at radius 1 is 1.40 bits per heavy atom. The molecule has 0 bridgehead atoms. The fourth-order valence-corrected chi connectivity index (χ4v) is 1.80. The summed E-state index contributed by atoms with van der Waals surface area (Å²) in [4.78, 5) is 29.3. The smallest absolute Gasteiger partial charge is 0.310 e. The molecule has 1 unspecified atom stereocenters. The molecule has 5 nitrogen and oxygen atoms in total. The molecule has 0 saturated heterocycles. The van der Waals surface area contributed by atoms with Crippen LogP contribution in [0.3, 0.4) is 0 Å². The van der Waals surface area contributed by atoms with Gasteiger partial charge in [-0.25, -0.2) is 0 Å². The first-order valence-corrected chi connectivity index (χ1v) is 6.64. The van der Waals surface area contributed by atoms with E-state index in [9.17, 15) is 14.7 Å². The molecule has 0 fully saturated rings. The lowest BCUT2D eigenvalue weighted by molar-refractivity contribution is -0.155. The zero-order valence-corrected chi connectivity index (χ0v) is 12.5. The standard InChI is InChI=1S/C15H22N2O3/c1-11(2)15(3,14(19)20)9-13(18)17(4)10-12-7-5-6-8-16-12/h5-8,11H,9-10H2,1-4H3,(H,19,20). The van der Waals surface area contributed by atoms with E-state index in [1.165, 1.54) is 4.90 Å². The summed E-state index contributed by atoms with van der Waals surface area (Å²) in [6, 6.07) is 5.50. The van der Waals surface area contributed by atoms with Gasteiger partial charge in [0.2, 0.25) is 5.91 Å². The predicted octanol–water partition coefficient (Wildman–Crippen LogP) is 2.18. The van der Waals surface area contributed by atoms with E-state index < -0.39 is 11.4 Å². The monoisotopic (exact) mass is 278 g/mol. The minimum absolute atomic E-state index is 0.0106. The first-order chi connectivity index (χ1) is 9.27. The van der Waals surface area contributed by atoms with Crippen molar-refractivity contribution in [3.05, 3.63) is 30.1 Å². The van der Waals surface area contributed by atoms with Gasteiger partial charge in [-0.05, 0) is 25.0 Å².